The summed E-state index contributed by atoms with van der Waals surface area (Å²) >= 11 is 0. The van der Waals surface area contributed by atoms with E-state index in [0.29, 0.717) is 51.4 Å². The fourth-order valence-corrected chi connectivity index (χ4v) is 15.9. The van der Waals surface area contributed by atoms with Crippen LogP contribution in [0.2, 0.25) is 0 Å². The molecule has 9 rings (SSSR count). The lowest BCUT2D eigenvalue weighted by Gasteiger charge is -2.71. The van der Waals surface area contributed by atoms with Crippen molar-refractivity contribution in [2.24, 2.45) is 50.2 Å². The van der Waals surface area contributed by atoms with Crippen LogP contribution in [0.4, 0.5) is 0 Å². The summed E-state index contributed by atoms with van der Waals surface area (Å²) in [6, 6.07) is 0. The molecule has 8 fully saturated rings. The lowest BCUT2D eigenvalue weighted by atomic mass is 9.33. The van der Waals surface area contributed by atoms with Gasteiger partial charge in [-0.3, -0.25) is 4.79 Å². The first-order valence-electron chi connectivity index (χ1n) is 26.6. The first-order chi connectivity index (χ1) is 35.0. The number of carbonyl (C=O) groups is 3. The molecule has 0 aromatic carbocycles. The van der Waals surface area contributed by atoms with Crippen LogP contribution in [-0.2, 0) is 52.3 Å². The molecule has 0 spiro atoms. The first-order valence-corrected chi connectivity index (χ1v) is 26.6. The van der Waals surface area contributed by atoms with E-state index in [4.69, 9.17) is 37.9 Å². The Hall–Kier alpha value is -2.37. The molecule has 426 valence electrons. The van der Waals surface area contributed by atoms with E-state index in [1.54, 1.807) is 6.92 Å². The van der Waals surface area contributed by atoms with Gasteiger partial charge < -0.3 is 104 Å². The van der Waals surface area contributed by atoms with Gasteiger partial charge in [-0.15, -0.1) is 0 Å². The van der Waals surface area contributed by atoms with Crippen molar-refractivity contribution in [3.05, 3.63) is 11.6 Å². The molecule has 4 saturated heterocycles. The average Bonchev–Trinajstić information content (AvgIpc) is 3.35. The van der Waals surface area contributed by atoms with Crippen LogP contribution in [-0.4, -0.2) is 216 Å². The minimum Gasteiger partial charge on any atom is -0.479 e. The van der Waals surface area contributed by atoms with E-state index in [1.807, 2.05) is 0 Å². The van der Waals surface area contributed by atoms with Crippen LogP contribution in [0, 0.1) is 50.2 Å². The van der Waals surface area contributed by atoms with Gasteiger partial charge in [0.15, 0.2) is 31.1 Å². The molecule has 9 aliphatic rings. The Morgan fingerprint density at radius 2 is 1.23 bits per heavy atom. The lowest BCUT2D eigenvalue weighted by molar-refractivity contribution is -0.368. The van der Waals surface area contributed by atoms with E-state index in [9.17, 15) is 70.9 Å². The third kappa shape index (κ3) is 9.17. The number of ether oxygens (including phenoxy) is 8. The highest BCUT2D eigenvalue weighted by atomic mass is 16.8. The fourth-order valence-electron chi connectivity index (χ4n) is 15.9. The van der Waals surface area contributed by atoms with Gasteiger partial charge in [-0.25, -0.2) is 4.79 Å². The summed E-state index contributed by atoms with van der Waals surface area (Å²) in [6.45, 7) is 13.3. The highest BCUT2D eigenvalue weighted by molar-refractivity contribution is 5.79. The number of aldehydes is 1. The van der Waals surface area contributed by atoms with Gasteiger partial charge in [-0.2, -0.15) is 0 Å². The van der Waals surface area contributed by atoms with Crippen molar-refractivity contribution in [2.75, 3.05) is 13.2 Å². The molecule has 0 amide bonds. The van der Waals surface area contributed by atoms with Crippen molar-refractivity contribution in [1.82, 2.24) is 0 Å². The zero-order valence-corrected chi connectivity index (χ0v) is 43.6. The number of rotatable bonds is 10. The van der Waals surface area contributed by atoms with Crippen LogP contribution in [0.3, 0.4) is 0 Å². The van der Waals surface area contributed by atoms with Crippen molar-refractivity contribution in [3.8, 4) is 0 Å². The number of carbonyl (C=O) groups excluding carboxylic acids is 2. The second kappa shape index (κ2) is 20.3. The van der Waals surface area contributed by atoms with Gasteiger partial charge in [0.1, 0.15) is 73.4 Å². The van der Waals surface area contributed by atoms with Crippen LogP contribution < -0.4 is 0 Å². The van der Waals surface area contributed by atoms with E-state index in [-0.39, 0.29) is 36.2 Å². The molecule has 0 aromatic heterocycles. The van der Waals surface area contributed by atoms with Crippen LogP contribution in [0.5, 0.6) is 0 Å². The topological polar surface area (TPSA) is 368 Å². The maximum Gasteiger partial charge on any atom is 0.335 e. The number of aliphatic hydroxyl groups is 11. The van der Waals surface area contributed by atoms with E-state index in [2.05, 4.69) is 40.7 Å². The number of fused-ring (bicyclic) bond motifs is 7. The van der Waals surface area contributed by atoms with E-state index < -0.39 is 168 Å². The number of esters is 1. The largest absolute Gasteiger partial charge is 0.479 e. The summed E-state index contributed by atoms with van der Waals surface area (Å²) < 4.78 is 46.9. The molecule has 4 aliphatic heterocycles. The van der Waals surface area contributed by atoms with E-state index in [1.165, 1.54) is 6.92 Å². The van der Waals surface area contributed by atoms with Gasteiger partial charge in [0.05, 0.1) is 42.4 Å². The molecular formula is C52H80O23. The molecule has 4 saturated carbocycles. The van der Waals surface area contributed by atoms with Crippen molar-refractivity contribution in [3.63, 3.8) is 0 Å². The molecule has 0 bridgehead atoms. The Balaban J connectivity index is 0.948. The predicted molar refractivity (Wildman–Crippen MR) is 252 cm³/mol. The Morgan fingerprint density at radius 1 is 0.627 bits per heavy atom. The fraction of sp³-hybridized carbons (Fsp3) is 0.904. The monoisotopic (exact) mass is 1070 g/mol. The maximum atomic E-state index is 15.2. The third-order valence-corrected chi connectivity index (χ3v) is 20.5. The third-order valence-electron chi connectivity index (χ3n) is 20.5. The summed E-state index contributed by atoms with van der Waals surface area (Å²) in [6.07, 6.45) is -24.8. The molecule has 4 heterocycles. The normalized spacial score (nSPS) is 54.7. The second-order valence-corrected chi connectivity index (χ2v) is 25.2. The number of carboxylic acid groups (broad SMARTS) is 1. The maximum absolute atomic E-state index is 15.2. The number of hydrogen-bond acceptors (Lipinski definition) is 22. The minimum atomic E-state index is -1.96. The van der Waals surface area contributed by atoms with Crippen LogP contribution in [0.1, 0.15) is 106 Å². The quantitative estimate of drug-likeness (QED) is 0.0513. The second-order valence-electron chi connectivity index (χ2n) is 25.2. The molecule has 28 atom stereocenters. The van der Waals surface area contributed by atoms with Crippen molar-refractivity contribution >= 4 is 18.2 Å². The molecule has 23 heteroatoms. The summed E-state index contributed by atoms with van der Waals surface area (Å²) in [4.78, 5) is 40.7. The van der Waals surface area contributed by atoms with Gasteiger partial charge >= 0.3 is 11.9 Å². The summed E-state index contributed by atoms with van der Waals surface area (Å²) in [7, 11) is 0. The van der Waals surface area contributed by atoms with Gasteiger partial charge in [0, 0.05) is 0 Å². The molecular weight excluding hydrogens is 993 g/mol. The van der Waals surface area contributed by atoms with Crippen molar-refractivity contribution in [2.45, 2.75) is 229 Å². The lowest BCUT2D eigenvalue weighted by Crippen LogP contribution is -2.69. The Bertz CT molecular complexity index is 2160. The van der Waals surface area contributed by atoms with E-state index >= 15 is 4.79 Å². The standard InChI is InChI=1S/C52H80O23/c1-21-37(71-42-34(62)29(57)25(55)18-68-42)33(61)36(64)43(70-21)73-39-30(58)26(56)19-69-45(39)75-46(67)52-14-12-47(2,3)16-23(52)22-8-9-28-48(4)17-24(54)40(74-44-35(63)31(59)32(60)38(72-44)41(65)66)49(5,20-53)27(48)10-11-51(28,7)50(22,6)13-15-52/h8,20-21,23-40,42-45,54-64H,9-19H2,1-7H3,(H,65,66). The van der Waals surface area contributed by atoms with Crippen molar-refractivity contribution < 1.29 is 114 Å². The minimum absolute atomic E-state index is 0.0932. The predicted octanol–water partition coefficient (Wildman–Crippen LogP) is -1.49. The zero-order valence-electron chi connectivity index (χ0n) is 43.6. The molecule has 12 N–H and O–H groups in total. The van der Waals surface area contributed by atoms with E-state index in [0.717, 1.165) is 11.9 Å². The van der Waals surface area contributed by atoms with Crippen LogP contribution in [0.25, 0.3) is 0 Å². The highest BCUT2D eigenvalue weighted by Crippen LogP contribution is 2.76. The zero-order chi connectivity index (χ0) is 54.9. The number of aliphatic hydroxyl groups excluding tert-OH is 11. The average molecular weight is 1070 g/mol. The summed E-state index contributed by atoms with van der Waals surface area (Å²) in [5.74, 6) is -2.97. The van der Waals surface area contributed by atoms with Crippen molar-refractivity contribution in [1.29, 1.82) is 0 Å². The number of hydrogen-bond donors (Lipinski definition) is 12. The summed E-state index contributed by atoms with van der Waals surface area (Å²) in [5.41, 5.74) is -3.12. The SMILES string of the molecule is CC1OC(OC2C(OC(=O)C34CCC(C)(C)CC3C3=CCC5C6(C)CC(O)C(OC7OC(C(=O)O)C(O)C(O)C7O)C(C)(C=O)C6CCC5(C)C3(C)CC4)OCC(O)C2O)C(O)C(O)C1OC1OCC(O)C(O)C1O. The number of carboxylic acids is 1. The van der Waals surface area contributed by atoms with Gasteiger partial charge in [0.2, 0.25) is 6.29 Å². The number of allylic oxidation sites excluding steroid dienone is 2. The Kier molecular flexibility index (Phi) is 15.5. The van der Waals surface area contributed by atoms with Crippen LogP contribution >= 0.6 is 0 Å². The summed E-state index contributed by atoms with van der Waals surface area (Å²) in [5, 5.41) is 129. The Morgan fingerprint density at radius 3 is 1.89 bits per heavy atom. The Labute approximate surface area is 435 Å². The van der Waals surface area contributed by atoms with Crippen LogP contribution in [0.15, 0.2) is 11.6 Å². The molecule has 0 aromatic rings. The first kappa shape index (κ1) is 57.3. The number of aliphatic carboxylic acids is 1. The molecule has 28 unspecified atom stereocenters. The van der Waals surface area contributed by atoms with Gasteiger partial charge in [-0.05, 0) is 104 Å². The smallest absolute Gasteiger partial charge is 0.335 e. The molecule has 23 nitrogen and oxygen atoms in total. The highest BCUT2D eigenvalue weighted by Gasteiger charge is 2.72. The molecule has 75 heavy (non-hydrogen) atoms. The molecule has 5 aliphatic carbocycles. The van der Waals surface area contributed by atoms with Gasteiger partial charge in [0.25, 0.3) is 0 Å². The van der Waals surface area contributed by atoms with Gasteiger partial charge in [-0.1, -0.05) is 53.2 Å². The molecule has 0 radical (unpaired) electrons.